The van der Waals surface area contributed by atoms with Crippen molar-refractivity contribution >= 4 is 21.4 Å². The topological polar surface area (TPSA) is 175 Å². The summed E-state index contributed by atoms with van der Waals surface area (Å²) in [6.45, 7) is 0. The predicted octanol–water partition coefficient (Wildman–Crippen LogP) is 1.46. The molecular weight excluding hydrogens is 372 g/mol. The Balaban J connectivity index is 2.44. The van der Waals surface area contributed by atoms with Gasteiger partial charge in [0.2, 0.25) is 11.2 Å². The summed E-state index contributed by atoms with van der Waals surface area (Å²) in [6.07, 6.45) is 0. The molecule has 0 bridgehead atoms. The Hall–Kier alpha value is -3.44. The van der Waals surface area contributed by atoms with E-state index in [1.165, 1.54) is 6.07 Å². The van der Waals surface area contributed by atoms with Crippen LogP contribution in [0.15, 0.2) is 39.5 Å². The molecule has 3 rings (SSSR count). The van der Waals surface area contributed by atoms with Gasteiger partial charge >= 0.3 is 10.4 Å². The highest BCUT2D eigenvalue weighted by Crippen LogP contribution is 2.38. The van der Waals surface area contributed by atoms with Crippen LogP contribution in [-0.4, -0.2) is 33.4 Å². The maximum Gasteiger partial charge on any atom is 0.446 e. The molecule has 0 atom stereocenters. The molecule has 10 nitrogen and oxygen atoms in total. The highest BCUT2D eigenvalue weighted by molar-refractivity contribution is 7.81. The van der Waals surface area contributed by atoms with Gasteiger partial charge in [-0.05, 0) is 18.2 Å². The van der Waals surface area contributed by atoms with E-state index in [0.29, 0.717) is 0 Å². The molecule has 11 heteroatoms. The van der Waals surface area contributed by atoms with Gasteiger partial charge in [0.25, 0.3) is 0 Å². The van der Waals surface area contributed by atoms with Gasteiger partial charge in [0, 0.05) is 17.7 Å². The molecule has 0 saturated heterocycles. The van der Waals surface area contributed by atoms with Gasteiger partial charge in [-0.2, -0.15) is 8.42 Å². The fraction of sp³-hybridized carbons (Fsp3) is 0. The highest BCUT2D eigenvalue weighted by Gasteiger charge is 2.24. The fourth-order valence-corrected chi connectivity index (χ4v) is 2.67. The minimum absolute atomic E-state index is 0.0965. The SMILES string of the molecule is O=c1c(OS(=O)(=O)O)c(-c2ccc(O)c(O)c2)oc2cc(O)cc(O)c12. The van der Waals surface area contributed by atoms with Crippen molar-refractivity contribution in [3.8, 4) is 40.1 Å². The number of fused-ring (bicyclic) bond motifs is 1. The van der Waals surface area contributed by atoms with Crippen molar-refractivity contribution in [1.29, 1.82) is 0 Å². The van der Waals surface area contributed by atoms with Crippen LogP contribution < -0.4 is 9.61 Å². The van der Waals surface area contributed by atoms with Gasteiger partial charge in [-0.3, -0.25) is 9.35 Å². The lowest BCUT2D eigenvalue weighted by Gasteiger charge is -2.11. The number of hydrogen-bond donors (Lipinski definition) is 5. The predicted molar refractivity (Wildman–Crippen MR) is 86.8 cm³/mol. The molecule has 0 unspecified atom stereocenters. The minimum Gasteiger partial charge on any atom is -0.508 e. The second-order valence-electron chi connectivity index (χ2n) is 5.14. The molecule has 1 aromatic heterocycles. The van der Waals surface area contributed by atoms with Gasteiger partial charge in [-0.1, -0.05) is 0 Å². The fourth-order valence-electron chi connectivity index (χ4n) is 2.30. The van der Waals surface area contributed by atoms with Crippen LogP contribution in [0.2, 0.25) is 0 Å². The van der Waals surface area contributed by atoms with Crippen molar-refractivity contribution in [1.82, 2.24) is 0 Å². The van der Waals surface area contributed by atoms with Crippen LogP contribution in [0.1, 0.15) is 0 Å². The van der Waals surface area contributed by atoms with Gasteiger partial charge in [-0.25, -0.2) is 0 Å². The number of hydrogen-bond acceptors (Lipinski definition) is 9. The Bertz CT molecular complexity index is 1190. The van der Waals surface area contributed by atoms with Crippen LogP contribution in [0.4, 0.5) is 0 Å². The number of phenols is 4. The molecule has 2 aromatic carbocycles. The summed E-state index contributed by atoms with van der Waals surface area (Å²) in [4.78, 5) is 12.6. The maximum absolute atomic E-state index is 12.6. The summed E-state index contributed by atoms with van der Waals surface area (Å²) in [5.41, 5.74) is -1.58. The Morgan fingerprint density at radius 1 is 0.923 bits per heavy atom. The molecule has 0 aliphatic rings. The average molecular weight is 382 g/mol. The zero-order chi connectivity index (χ0) is 19.2. The lowest BCUT2D eigenvalue weighted by atomic mass is 10.1. The molecule has 0 aliphatic carbocycles. The van der Waals surface area contributed by atoms with E-state index in [1.54, 1.807) is 0 Å². The first kappa shape index (κ1) is 17.4. The first-order valence-corrected chi connectivity index (χ1v) is 8.15. The molecule has 0 amide bonds. The summed E-state index contributed by atoms with van der Waals surface area (Å²) < 4.78 is 40.7. The van der Waals surface area contributed by atoms with Crippen LogP contribution >= 0.6 is 0 Å². The van der Waals surface area contributed by atoms with E-state index in [2.05, 4.69) is 4.18 Å². The lowest BCUT2D eigenvalue weighted by Crippen LogP contribution is -2.15. The van der Waals surface area contributed by atoms with E-state index in [1.807, 2.05) is 0 Å². The molecule has 3 aromatic rings. The maximum atomic E-state index is 12.6. The number of aromatic hydroxyl groups is 4. The lowest BCUT2D eigenvalue weighted by molar-refractivity contribution is 0.380. The van der Waals surface area contributed by atoms with Crippen LogP contribution in [0.5, 0.6) is 28.7 Å². The molecule has 0 aliphatic heterocycles. The van der Waals surface area contributed by atoms with Gasteiger partial charge in [0.15, 0.2) is 17.3 Å². The molecule has 26 heavy (non-hydrogen) atoms. The third kappa shape index (κ3) is 3.08. The summed E-state index contributed by atoms with van der Waals surface area (Å²) in [5.74, 6) is -3.80. The third-order valence-corrected chi connectivity index (χ3v) is 3.72. The van der Waals surface area contributed by atoms with Crippen molar-refractivity contribution in [3.05, 3.63) is 40.6 Å². The normalized spacial score (nSPS) is 11.6. The molecule has 0 spiro atoms. The van der Waals surface area contributed by atoms with E-state index in [0.717, 1.165) is 24.3 Å². The van der Waals surface area contributed by atoms with E-state index in [-0.39, 0.29) is 11.1 Å². The second-order valence-corrected chi connectivity index (χ2v) is 6.16. The van der Waals surface area contributed by atoms with Crippen molar-refractivity contribution in [2.24, 2.45) is 0 Å². The zero-order valence-electron chi connectivity index (χ0n) is 12.6. The van der Waals surface area contributed by atoms with Crippen LogP contribution in [-0.2, 0) is 10.4 Å². The Labute approximate surface area is 144 Å². The van der Waals surface area contributed by atoms with E-state index in [9.17, 15) is 33.6 Å². The van der Waals surface area contributed by atoms with Crippen LogP contribution in [0, 0.1) is 0 Å². The Morgan fingerprint density at radius 2 is 1.62 bits per heavy atom. The second kappa shape index (κ2) is 5.82. The van der Waals surface area contributed by atoms with Gasteiger partial charge in [-0.15, -0.1) is 0 Å². The molecular formula is C15H10O10S. The van der Waals surface area contributed by atoms with E-state index < -0.39 is 55.7 Å². The third-order valence-electron chi connectivity index (χ3n) is 3.34. The van der Waals surface area contributed by atoms with E-state index in [4.69, 9.17) is 8.97 Å². The Morgan fingerprint density at radius 3 is 2.23 bits per heavy atom. The zero-order valence-corrected chi connectivity index (χ0v) is 13.4. The first-order valence-electron chi connectivity index (χ1n) is 6.79. The molecule has 0 fully saturated rings. The largest absolute Gasteiger partial charge is 0.508 e. The van der Waals surface area contributed by atoms with Gasteiger partial charge in [0.1, 0.15) is 22.5 Å². The van der Waals surface area contributed by atoms with Crippen molar-refractivity contribution in [2.45, 2.75) is 0 Å². The Kier molecular flexibility index (Phi) is 3.89. The summed E-state index contributed by atoms with van der Waals surface area (Å²) >= 11 is 0. The number of benzene rings is 2. The molecule has 0 saturated carbocycles. The quantitative estimate of drug-likeness (QED) is 0.329. The average Bonchev–Trinajstić information content (AvgIpc) is 2.50. The first-order chi connectivity index (χ1) is 12.1. The molecule has 136 valence electrons. The summed E-state index contributed by atoms with van der Waals surface area (Å²) in [5, 5.41) is 37.8. The van der Waals surface area contributed by atoms with Gasteiger partial charge in [0.05, 0.1) is 0 Å². The highest BCUT2D eigenvalue weighted by atomic mass is 32.3. The number of rotatable bonds is 3. The summed E-state index contributed by atoms with van der Waals surface area (Å²) in [7, 11) is -5.14. The molecule has 1 heterocycles. The monoisotopic (exact) mass is 382 g/mol. The van der Waals surface area contributed by atoms with Crippen LogP contribution in [0.25, 0.3) is 22.3 Å². The van der Waals surface area contributed by atoms with Crippen LogP contribution in [0.3, 0.4) is 0 Å². The minimum atomic E-state index is -5.14. The van der Waals surface area contributed by atoms with E-state index >= 15 is 0 Å². The standard InChI is InChI=1S/C15H10O10S/c16-7-4-10(19)12-11(5-7)24-14(6-1-2-8(17)9(18)3-6)15(13(12)20)25-26(21,22)23/h1-5,16-19H,(H,21,22,23). The van der Waals surface area contributed by atoms with Crippen molar-refractivity contribution < 1.29 is 42.0 Å². The summed E-state index contributed by atoms with van der Waals surface area (Å²) in [6, 6.07) is 4.95. The molecule has 0 radical (unpaired) electrons. The van der Waals surface area contributed by atoms with Crippen molar-refractivity contribution in [3.63, 3.8) is 0 Å². The molecule has 5 N–H and O–H groups in total. The number of phenolic OH excluding ortho intramolecular Hbond substituents is 4. The van der Waals surface area contributed by atoms with Gasteiger partial charge < -0.3 is 29.0 Å². The smallest absolute Gasteiger partial charge is 0.446 e. The van der Waals surface area contributed by atoms with Crippen molar-refractivity contribution in [2.75, 3.05) is 0 Å².